The molecule has 0 spiro atoms. The molecule has 0 radical (unpaired) electrons. The van der Waals surface area contributed by atoms with Crippen LogP contribution in [0.3, 0.4) is 0 Å². The topological polar surface area (TPSA) is 196 Å². The number of benzene rings is 6. The number of likely N-dealkylation sites (tertiary alicyclic amines) is 2. The van der Waals surface area contributed by atoms with Crippen molar-refractivity contribution in [2.45, 2.75) is 200 Å². The quantitative estimate of drug-likeness (QED) is 0.0293. The molecule has 0 bridgehead atoms. The SMILES string of the molecule is C.C.C.CC.CC.CC.CC.CC.CC.CC(C)Br.CC(C)N1CCC(c2cc(-c3ccccc3)c3cc[n+]([O-])c(-c4ccccc4)c3n2)CC1.CN1CCC(c2cc(-c3ccccc3)c3cc[n+]([O-])c(-c4ccccc4)c3n2)CC1.CO.O=CO.[I-].[K+].[O-][n+]1ccc2c(-c3ccccc3)cc(C3CCNCC3)nc2c1-c1ccccc1. The summed E-state index contributed by atoms with van der Waals surface area (Å²) in [5, 5.41) is 59.0. The molecule has 630 valence electrons. The Morgan fingerprint density at radius 2 is 0.624 bits per heavy atom. The van der Waals surface area contributed by atoms with Crippen LogP contribution in [0.2, 0.25) is 0 Å². The Hall–Kier alpha value is -7.44. The average molecular weight is 1800 g/mol. The summed E-state index contributed by atoms with van der Waals surface area (Å²) in [6, 6.07) is 73.9. The number of nitrogens with zero attached hydrogens (tertiary/aromatic N) is 8. The number of aromatic nitrogens is 6. The number of pyridine rings is 6. The summed E-state index contributed by atoms with van der Waals surface area (Å²) in [5.74, 6) is 1.23. The molecule has 0 aliphatic carbocycles. The van der Waals surface area contributed by atoms with Gasteiger partial charge in [-0.2, -0.15) is 14.2 Å². The van der Waals surface area contributed by atoms with Crippen molar-refractivity contribution in [3.8, 4) is 67.2 Å². The number of aliphatic hydroxyl groups excluding tert-OH is 1. The summed E-state index contributed by atoms with van der Waals surface area (Å²) in [7, 11) is 3.17. The van der Waals surface area contributed by atoms with E-state index >= 15 is 0 Å². The Morgan fingerprint density at radius 1 is 0.410 bits per heavy atom. The molecule has 0 unspecified atom stereocenters. The summed E-state index contributed by atoms with van der Waals surface area (Å²) < 4.78 is 2.87. The molecule has 117 heavy (non-hydrogen) atoms. The molecule has 15 rings (SSSR count). The van der Waals surface area contributed by atoms with Crippen LogP contribution < -0.4 is 94.9 Å². The number of carbonyl (C=O) groups is 1. The molecule has 3 aliphatic heterocycles. The van der Waals surface area contributed by atoms with Crippen LogP contribution in [0.15, 0.2) is 237 Å². The van der Waals surface area contributed by atoms with Gasteiger partial charge < -0.3 is 64.9 Å². The minimum absolute atomic E-state index is 0. The number of halogens is 2. The van der Waals surface area contributed by atoms with Gasteiger partial charge in [-0.15, -0.1) is 0 Å². The predicted octanol–water partition coefficient (Wildman–Crippen LogP) is 18.6. The molecule has 9 heterocycles. The van der Waals surface area contributed by atoms with Crippen molar-refractivity contribution < 1.29 is 105 Å². The van der Waals surface area contributed by atoms with Crippen molar-refractivity contribution in [3.63, 3.8) is 0 Å². The van der Waals surface area contributed by atoms with Gasteiger partial charge in [-0.1, -0.05) is 281 Å². The first-order valence-corrected chi connectivity index (χ1v) is 41.5. The standard InChI is InChI=1S/C28H29N3O.C26H25N3O.C25H23N3O.C3H7Br.6C2H6.CH2O2.CH4O.3CH4.HI.K/c1-20(2)30-16-13-22(14-17-30)26-19-25(21-9-5-3-6-10-21)24-15-18-31(32)28(27(24)29-26)23-11-7-4-8-12-23;1-28-15-12-20(13-16-28)24-18-23(19-8-4-2-5-9-19)22-14-17-29(30)26(25(22)27-24)21-10-6-3-7-11-21;29-28-16-13-21-22(18-7-3-1-4-8-18)17-23(19-11-14-26-15-12-19)27-24(21)25(28)20-9-5-2-6-10-20;1-3(2)4;6*1-2;2-1-3;1-2;;;;;/h3-12,15,18-20,22H,13-14,16-17H2,1-2H3;2-11,14,17-18,20H,12-13,15-16H2,1H3;1-10,13,16-17,19,26H,11-12,14-15H2;3H,1-2H3;6*1-2H3;1H,(H,2,3);2H,1H3;3*1H4;1H;/q;;;;;;;;;;;;;;;;+1/p-1. The molecule has 15 nitrogen and oxygen atoms in total. The molecule has 6 aromatic heterocycles. The molecule has 0 amide bonds. The Balaban J connectivity index is 0. The maximum atomic E-state index is 13.0. The molecule has 3 N–H and O–H groups in total. The molecule has 12 aromatic rings. The van der Waals surface area contributed by atoms with Crippen LogP contribution in [-0.4, -0.2) is 106 Å². The minimum atomic E-state index is -0.250. The maximum absolute atomic E-state index is 13.0. The second kappa shape index (κ2) is 62.7. The van der Waals surface area contributed by atoms with Crippen LogP contribution in [0, 0.1) is 15.6 Å². The molecule has 3 saturated heterocycles. The second-order valence-electron chi connectivity index (χ2n) is 25.9. The summed E-state index contributed by atoms with van der Waals surface area (Å²) in [6.45, 7) is 38.8. The van der Waals surface area contributed by atoms with Crippen molar-refractivity contribution in [2.24, 2.45) is 0 Å². The summed E-state index contributed by atoms with van der Waals surface area (Å²) in [6.07, 6.45) is 11.3. The van der Waals surface area contributed by atoms with Gasteiger partial charge in [-0.05, 0) is 187 Å². The number of alkyl halides is 1. The molecule has 6 aromatic carbocycles. The van der Waals surface area contributed by atoms with Crippen LogP contribution in [-0.2, 0) is 4.79 Å². The van der Waals surface area contributed by atoms with E-state index < -0.39 is 0 Å². The monoisotopic (exact) mass is 1790 g/mol. The average Bonchev–Trinajstić information content (AvgIpc) is 0.769. The Morgan fingerprint density at radius 3 is 0.855 bits per heavy atom. The number of carboxylic acid groups (broad SMARTS) is 1. The number of hydrogen-bond donors (Lipinski definition) is 3. The Labute approximate surface area is 772 Å². The molecule has 0 atom stereocenters. The fourth-order valence-corrected chi connectivity index (χ4v) is 13.6. The predicted molar refractivity (Wildman–Crippen MR) is 497 cm³/mol. The smallest absolute Gasteiger partial charge is 1.00 e. The van der Waals surface area contributed by atoms with Crippen LogP contribution >= 0.6 is 15.9 Å². The first kappa shape index (κ1) is 112. The van der Waals surface area contributed by atoms with Crippen LogP contribution in [0.4, 0.5) is 0 Å². The number of rotatable bonds is 10. The Bertz CT molecular complexity index is 4580. The van der Waals surface area contributed by atoms with Gasteiger partial charge >= 0.3 is 51.4 Å². The van der Waals surface area contributed by atoms with Crippen molar-refractivity contribution >= 4 is 55.1 Å². The largest absolute Gasteiger partial charge is 1.00 e. The zero-order chi connectivity index (χ0) is 82.5. The van der Waals surface area contributed by atoms with E-state index in [-0.39, 0.29) is 104 Å². The second-order valence-corrected chi connectivity index (χ2v) is 27.7. The fourth-order valence-electron chi connectivity index (χ4n) is 13.6. The molecular formula is C99H138BrIKN9O6. The van der Waals surface area contributed by atoms with Gasteiger partial charge in [0.2, 0.25) is 17.1 Å². The van der Waals surface area contributed by atoms with Crippen molar-refractivity contribution in [3.05, 3.63) is 270 Å². The summed E-state index contributed by atoms with van der Waals surface area (Å²) in [5.41, 5.74) is 17.1. The van der Waals surface area contributed by atoms with Gasteiger partial charge in [0.05, 0.1) is 0 Å². The third-order valence-corrected chi connectivity index (χ3v) is 18.7. The number of aliphatic hydroxyl groups is 1. The first-order valence-electron chi connectivity index (χ1n) is 40.6. The zero-order valence-corrected chi connectivity index (χ0v) is 78.2. The third-order valence-electron chi connectivity index (χ3n) is 18.7. The Kier molecular flexibility index (Phi) is 59.8. The zero-order valence-electron chi connectivity index (χ0n) is 71.3. The van der Waals surface area contributed by atoms with Crippen molar-refractivity contribution in [2.75, 3.05) is 53.4 Å². The van der Waals surface area contributed by atoms with E-state index in [0.29, 0.717) is 45.7 Å². The van der Waals surface area contributed by atoms with E-state index in [2.05, 4.69) is 157 Å². The molecule has 3 aliphatic rings. The molecule has 3 fully saturated rings. The number of fused-ring (bicyclic) bond motifs is 3. The van der Waals surface area contributed by atoms with Gasteiger partial charge in [-0.25, -0.2) is 15.0 Å². The number of hydrogen-bond acceptors (Lipinski definition) is 11. The van der Waals surface area contributed by atoms with Crippen LogP contribution in [0.1, 0.15) is 206 Å². The third kappa shape index (κ3) is 32.2. The van der Waals surface area contributed by atoms with E-state index in [1.807, 2.05) is 210 Å². The molecule has 0 saturated carbocycles. The van der Waals surface area contributed by atoms with Crippen molar-refractivity contribution in [1.82, 2.24) is 30.1 Å². The number of nitrogens with one attached hydrogen (secondary N) is 1. The van der Waals surface area contributed by atoms with E-state index in [9.17, 15) is 15.6 Å². The maximum Gasteiger partial charge on any atom is 1.00 e. The normalized spacial score (nSPS) is 12.7. The van der Waals surface area contributed by atoms with Gasteiger partial charge in [-0.3, -0.25) is 4.79 Å². The fraction of sp³-hybridized carbons (Fsp3) is 0.384. The summed E-state index contributed by atoms with van der Waals surface area (Å²) in [4.78, 5) is 29.3. The summed E-state index contributed by atoms with van der Waals surface area (Å²) >= 11 is 3.27. The minimum Gasteiger partial charge on any atom is -1.00 e. The van der Waals surface area contributed by atoms with Gasteiger partial charge in [0.25, 0.3) is 6.47 Å². The van der Waals surface area contributed by atoms with E-state index in [4.69, 9.17) is 30.0 Å². The van der Waals surface area contributed by atoms with Gasteiger partial charge in [0.15, 0.2) is 18.6 Å². The molecular weight excluding hydrogens is 1660 g/mol. The van der Waals surface area contributed by atoms with Crippen LogP contribution in [0.25, 0.3) is 99.9 Å². The van der Waals surface area contributed by atoms with Gasteiger partial charge in [0.1, 0.15) is 16.6 Å². The van der Waals surface area contributed by atoms with E-state index in [1.54, 1.807) is 18.6 Å². The van der Waals surface area contributed by atoms with Crippen LogP contribution in [0.5, 0.6) is 0 Å². The number of piperidine rings is 3. The molecule has 18 heteroatoms. The van der Waals surface area contributed by atoms with Gasteiger partial charge in [0, 0.05) is 104 Å². The van der Waals surface area contributed by atoms with E-state index in [1.165, 1.54) is 0 Å². The van der Waals surface area contributed by atoms with E-state index in [0.717, 1.165) is 199 Å². The first-order chi connectivity index (χ1) is 54.8. The van der Waals surface area contributed by atoms with Crippen molar-refractivity contribution in [1.29, 1.82) is 0 Å².